The van der Waals surface area contributed by atoms with Crippen molar-refractivity contribution in [1.82, 2.24) is 5.06 Å². The Morgan fingerprint density at radius 1 is 1.55 bits per heavy atom. The molecule has 0 amide bonds. The zero-order valence-electron chi connectivity index (χ0n) is 6.75. The third-order valence-corrected chi connectivity index (χ3v) is 1.66. The zero-order chi connectivity index (χ0) is 8.27. The monoisotopic (exact) mass is 158 g/mol. The Morgan fingerprint density at radius 3 is 2.55 bits per heavy atom. The normalized spacial score (nSPS) is 21.6. The van der Waals surface area contributed by atoms with Gasteiger partial charge >= 0.3 is 5.97 Å². The van der Waals surface area contributed by atoms with Gasteiger partial charge in [0.05, 0.1) is 0 Å². The second-order valence-electron chi connectivity index (χ2n) is 2.84. The Morgan fingerprint density at radius 2 is 2.09 bits per heavy atom. The molecule has 1 aliphatic heterocycles. The Kier molecular flexibility index (Phi) is 2.84. The topological polar surface area (TPSA) is 55.6 Å². The molecule has 1 rings (SSSR count). The molecule has 4 heteroatoms. The lowest BCUT2D eigenvalue weighted by Gasteiger charge is -2.15. The second kappa shape index (κ2) is 3.69. The highest BCUT2D eigenvalue weighted by molar-refractivity contribution is 5.74. The maximum atomic E-state index is 10.9. The Hall–Kier alpha value is -0.610. The highest BCUT2D eigenvalue weighted by Crippen LogP contribution is 2.07. The second-order valence-corrected chi connectivity index (χ2v) is 2.84. The van der Waals surface area contributed by atoms with E-state index in [1.165, 1.54) is 0 Å². The van der Waals surface area contributed by atoms with Gasteiger partial charge < -0.3 is 10.6 Å². The summed E-state index contributed by atoms with van der Waals surface area (Å²) in [5, 5.41) is 1.67. The van der Waals surface area contributed by atoms with Gasteiger partial charge in [-0.25, -0.2) is 4.79 Å². The fraction of sp³-hybridized carbons (Fsp3) is 0.857. The van der Waals surface area contributed by atoms with E-state index in [0.717, 1.165) is 25.9 Å². The van der Waals surface area contributed by atoms with E-state index in [-0.39, 0.29) is 5.97 Å². The number of hydrogen-bond acceptors (Lipinski definition) is 4. The molecule has 1 aliphatic rings. The van der Waals surface area contributed by atoms with Crippen molar-refractivity contribution in [1.29, 1.82) is 0 Å². The van der Waals surface area contributed by atoms with Crippen molar-refractivity contribution in [3.05, 3.63) is 0 Å². The molecular weight excluding hydrogens is 144 g/mol. The summed E-state index contributed by atoms with van der Waals surface area (Å²) < 4.78 is 0. The van der Waals surface area contributed by atoms with Crippen LogP contribution in [-0.2, 0) is 9.63 Å². The molecule has 1 unspecified atom stereocenters. The molecule has 11 heavy (non-hydrogen) atoms. The number of rotatable bonds is 2. The lowest BCUT2D eigenvalue weighted by molar-refractivity contribution is -0.186. The van der Waals surface area contributed by atoms with Gasteiger partial charge in [0, 0.05) is 13.1 Å². The predicted octanol–water partition coefficient (Wildman–Crippen LogP) is -0.112. The first-order chi connectivity index (χ1) is 5.20. The summed E-state index contributed by atoms with van der Waals surface area (Å²) in [5.41, 5.74) is 5.31. The Balaban J connectivity index is 2.24. The van der Waals surface area contributed by atoms with Crippen molar-refractivity contribution < 1.29 is 9.63 Å². The molecular formula is C7H14N2O2. The van der Waals surface area contributed by atoms with Crippen LogP contribution < -0.4 is 5.73 Å². The van der Waals surface area contributed by atoms with Crippen LogP contribution in [-0.4, -0.2) is 30.2 Å². The van der Waals surface area contributed by atoms with Crippen LogP contribution in [0.5, 0.6) is 0 Å². The SMILES string of the molecule is CC(N)C(=O)ON1CCCC1. The molecule has 0 aromatic heterocycles. The molecule has 0 aliphatic carbocycles. The maximum Gasteiger partial charge on any atom is 0.341 e. The van der Waals surface area contributed by atoms with E-state index in [2.05, 4.69) is 0 Å². The molecule has 0 aromatic carbocycles. The molecule has 0 radical (unpaired) electrons. The molecule has 64 valence electrons. The molecule has 0 saturated carbocycles. The molecule has 1 atom stereocenters. The van der Waals surface area contributed by atoms with E-state index >= 15 is 0 Å². The van der Waals surface area contributed by atoms with Crippen LogP contribution in [0, 0.1) is 0 Å². The van der Waals surface area contributed by atoms with Crippen LogP contribution in [0.4, 0.5) is 0 Å². The van der Waals surface area contributed by atoms with Gasteiger partial charge in [0.2, 0.25) is 0 Å². The van der Waals surface area contributed by atoms with Gasteiger partial charge in [-0.15, -0.1) is 5.06 Å². The average molecular weight is 158 g/mol. The van der Waals surface area contributed by atoms with Gasteiger partial charge in [-0.1, -0.05) is 0 Å². The predicted molar refractivity (Wildman–Crippen MR) is 40.5 cm³/mol. The van der Waals surface area contributed by atoms with Crippen LogP contribution in [0.1, 0.15) is 19.8 Å². The van der Waals surface area contributed by atoms with Gasteiger partial charge in [0.15, 0.2) is 0 Å². The van der Waals surface area contributed by atoms with Crippen molar-refractivity contribution in [2.24, 2.45) is 5.73 Å². The maximum absolute atomic E-state index is 10.9. The van der Waals surface area contributed by atoms with Crippen molar-refractivity contribution >= 4 is 5.97 Å². The average Bonchev–Trinajstić information content (AvgIpc) is 2.39. The van der Waals surface area contributed by atoms with Crippen LogP contribution in [0.2, 0.25) is 0 Å². The summed E-state index contributed by atoms with van der Waals surface area (Å²) in [6, 6.07) is -0.518. The lowest BCUT2D eigenvalue weighted by Crippen LogP contribution is -2.34. The Bertz CT molecular complexity index is 141. The third kappa shape index (κ3) is 2.48. The van der Waals surface area contributed by atoms with Gasteiger partial charge in [-0.05, 0) is 19.8 Å². The molecule has 1 fully saturated rings. The van der Waals surface area contributed by atoms with Gasteiger partial charge in [0.25, 0.3) is 0 Å². The molecule has 0 bridgehead atoms. The van der Waals surface area contributed by atoms with Gasteiger partial charge in [-0.2, -0.15) is 0 Å². The van der Waals surface area contributed by atoms with Crippen molar-refractivity contribution in [3.63, 3.8) is 0 Å². The van der Waals surface area contributed by atoms with Gasteiger partial charge in [-0.3, -0.25) is 0 Å². The van der Waals surface area contributed by atoms with Crippen LogP contribution in [0.3, 0.4) is 0 Å². The quantitative estimate of drug-likeness (QED) is 0.609. The molecule has 0 aromatic rings. The molecule has 0 spiro atoms. The summed E-state index contributed by atoms with van der Waals surface area (Å²) in [5.74, 6) is -0.341. The van der Waals surface area contributed by atoms with E-state index < -0.39 is 6.04 Å². The number of hydroxylamine groups is 2. The molecule has 2 N–H and O–H groups in total. The highest BCUT2D eigenvalue weighted by atomic mass is 16.7. The summed E-state index contributed by atoms with van der Waals surface area (Å²) in [4.78, 5) is 15.9. The van der Waals surface area contributed by atoms with E-state index in [9.17, 15) is 4.79 Å². The number of carbonyl (C=O) groups is 1. The minimum atomic E-state index is -0.518. The highest BCUT2D eigenvalue weighted by Gasteiger charge is 2.18. The summed E-state index contributed by atoms with van der Waals surface area (Å²) in [6.45, 7) is 3.31. The van der Waals surface area contributed by atoms with Gasteiger partial charge in [0.1, 0.15) is 6.04 Å². The molecule has 1 saturated heterocycles. The van der Waals surface area contributed by atoms with Crippen molar-refractivity contribution in [3.8, 4) is 0 Å². The Labute approximate surface area is 66.3 Å². The smallest absolute Gasteiger partial charge is 0.341 e. The van der Waals surface area contributed by atoms with E-state index in [1.54, 1.807) is 12.0 Å². The first kappa shape index (κ1) is 8.49. The third-order valence-electron chi connectivity index (χ3n) is 1.66. The molecule has 1 heterocycles. The number of hydrogen-bond donors (Lipinski definition) is 1. The van der Waals surface area contributed by atoms with E-state index in [0.29, 0.717) is 0 Å². The summed E-state index contributed by atoms with van der Waals surface area (Å²) in [6.07, 6.45) is 2.21. The fourth-order valence-electron chi connectivity index (χ4n) is 0.990. The summed E-state index contributed by atoms with van der Waals surface area (Å²) >= 11 is 0. The largest absolute Gasteiger partial charge is 0.366 e. The number of carbonyl (C=O) groups excluding carboxylic acids is 1. The van der Waals surface area contributed by atoms with E-state index in [4.69, 9.17) is 10.6 Å². The van der Waals surface area contributed by atoms with E-state index in [1.807, 2.05) is 0 Å². The zero-order valence-corrected chi connectivity index (χ0v) is 6.75. The summed E-state index contributed by atoms with van der Waals surface area (Å²) in [7, 11) is 0. The molecule has 4 nitrogen and oxygen atoms in total. The fourth-order valence-corrected chi connectivity index (χ4v) is 0.990. The van der Waals surface area contributed by atoms with Crippen LogP contribution >= 0.6 is 0 Å². The number of nitrogens with zero attached hydrogens (tertiary/aromatic N) is 1. The number of nitrogens with two attached hydrogens (primary N) is 1. The minimum absolute atomic E-state index is 0.341. The minimum Gasteiger partial charge on any atom is -0.366 e. The first-order valence-electron chi connectivity index (χ1n) is 3.92. The lowest BCUT2D eigenvalue weighted by atomic mass is 10.4. The van der Waals surface area contributed by atoms with Crippen molar-refractivity contribution in [2.45, 2.75) is 25.8 Å². The van der Waals surface area contributed by atoms with Crippen LogP contribution in [0.15, 0.2) is 0 Å². The first-order valence-corrected chi connectivity index (χ1v) is 3.92. The van der Waals surface area contributed by atoms with Crippen molar-refractivity contribution in [2.75, 3.05) is 13.1 Å². The van der Waals surface area contributed by atoms with Crippen LogP contribution in [0.25, 0.3) is 0 Å². The standard InChI is InChI=1S/C7H14N2O2/c1-6(8)7(10)11-9-4-2-3-5-9/h6H,2-5,8H2,1H3.